The number of aromatic nitrogens is 1. The van der Waals surface area contributed by atoms with Gasteiger partial charge in [0.15, 0.2) is 0 Å². The molecule has 1 amide bonds. The number of thiazole rings is 1. The summed E-state index contributed by atoms with van der Waals surface area (Å²) in [4.78, 5) is 16.8. The van der Waals surface area contributed by atoms with Gasteiger partial charge < -0.3 is 5.32 Å². The lowest BCUT2D eigenvalue weighted by atomic mass is 10.1. The van der Waals surface area contributed by atoms with Crippen molar-refractivity contribution in [3.05, 3.63) is 52.0 Å². The molecule has 2 atom stereocenters. The molecule has 0 aliphatic heterocycles. The summed E-state index contributed by atoms with van der Waals surface area (Å²) in [6.45, 7) is 4.99. The maximum absolute atomic E-state index is 12.2. The number of carbonyl (C=O) groups excluding carboxylic acids is 1. The lowest BCUT2D eigenvalue weighted by Gasteiger charge is -2.04. The van der Waals surface area contributed by atoms with Crippen molar-refractivity contribution >= 4 is 17.2 Å². The minimum absolute atomic E-state index is 0.157. The Labute approximate surface area is 135 Å². The number of hydrogen-bond acceptors (Lipinski definition) is 3. The standard InChI is InChI=1S/C18H22N2OS/c1-12(2)18-20-14(11-22-18)8-9-19-17(21)16-10-15(16)13-6-4-3-5-7-13/h3-7,11-12,15-16H,8-10H2,1-2H3,(H,19,21)/t15-,16+/m0/s1. The minimum Gasteiger partial charge on any atom is -0.355 e. The fraction of sp³-hybridized carbons (Fsp3) is 0.444. The molecule has 1 aromatic carbocycles. The monoisotopic (exact) mass is 314 g/mol. The zero-order valence-corrected chi connectivity index (χ0v) is 13.9. The maximum Gasteiger partial charge on any atom is 0.223 e. The quantitative estimate of drug-likeness (QED) is 0.883. The smallest absolute Gasteiger partial charge is 0.223 e. The van der Waals surface area contributed by atoms with E-state index < -0.39 is 0 Å². The average Bonchev–Trinajstić information content (AvgIpc) is 3.19. The van der Waals surface area contributed by atoms with Crippen LogP contribution in [0.1, 0.15) is 48.4 Å². The highest BCUT2D eigenvalue weighted by Gasteiger charge is 2.43. The molecule has 0 saturated heterocycles. The molecule has 1 saturated carbocycles. The molecule has 0 bridgehead atoms. The number of amides is 1. The van der Waals surface area contributed by atoms with Crippen LogP contribution in [0.25, 0.3) is 0 Å². The zero-order valence-electron chi connectivity index (χ0n) is 13.1. The Morgan fingerprint density at radius 1 is 1.36 bits per heavy atom. The van der Waals surface area contributed by atoms with Gasteiger partial charge >= 0.3 is 0 Å². The number of rotatable bonds is 6. The SMILES string of the molecule is CC(C)c1nc(CCNC(=O)[C@@H]2C[C@H]2c2ccccc2)cs1. The maximum atomic E-state index is 12.2. The van der Waals surface area contributed by atoms with Crippen LogP contribution in [0.2, 0.25) is 0 Å². The summed E-state index contributed by atoms with van der Waals surface area (Å²) >= 11 is 1.71. The van der Waals surface area contributed by atoms with Gasteiger partial charge in [0.1, 0.15) is 0 Å². The molecule has 4 heteroatoms. The molecular weight excluding hydrogens is 292 g/mol. The number of benzene rings is 1. The summed E-state index contributed by atoms with van der Waals surface area (Å²) in [6.07, 6.45) is 1.79. The van der Waals surface area contributed by atoms with E-state index in [1.54, 1.807) is 11.3 Å². The van der Waals surface area contributed by atoms with Gasteiger partial charge in [-0.1, -0.05) is 44.2 Å². The molecule has 116 valence electrons. The fourth-order valence-electron chi connectivity index (χ4n) is 2.70. The van der Waals surface area contributed by atoms with Crippen LogP contribution in [-0.2, 0) is 11.2 Å². The molecule has 3 nitrogen and oxygen atoms in total. The molecule has 0 unspecified atom stereocenters. The first-order valence-electron chi connectivity index (χ1n) is 7.92. The van der Waals surface area contributed by atoms with Gasteiger partial charge in [-0.05, 0) is 17.9 Å². The summed E-state index contributed by atoms with van der Waals surface area (Å²) in [5, 5.41) is 6.33. The van der Waals surface area contributed by atoms with Crippen LogP contribution in [0.15, 0.2) is 35.7 Å². The van der Waals surface area contributed by atoms with Gasteiger partial charge in [-0.15, -0.1) is 11.3 Å². The second-order valence-electron chi connectivity index (χ2n) is 6.23. The minimum atomic E-state index is 0.157. The van der Waals surface area contributed by atoms with Crippen LogP contribution in [0, 0.1) is 5.92 Å². The van der Waals surface area contributed by atoms with Crippen LogP contribution in [0.5, 0.6) is 0 Å². The Hall–Kier alpha value is -1.68. The Kier molecular flexibility index (Phi) is 4.57. The van der Waals surface area contributed by atoms with E-state index in [0.717, 1.165) is 18.5 Å². The van der Waals surface area contributed by atoms with E-state index in [0.29, 0.717) is 18.4 Å². The van der Waals surface area contributed by atoms with Crippen molar-refractivity contribution in [3.63, 3.8) is 0 Å². The van der Waals surface area contributed by atoms with Crippen molar-refractivity contribution in [2.45, 2.75) is 38.5 Å². The predicted octanol–water partition coefficient (Wildman–Crippen LogP) is 3.73. The first-order valence-corrected chi connectivity index (χ1v) is 8.80. The molecule has 1 aromatic heterocycles. The van der Waals surface area contributed by atoms with E-state index in [4.69, 9.17) is 0 Å². The van der Waals surface area contributed by atoms with Gasteiger partial charge in [0, 0.05) is 30.2 Å². The Morgan fingerprint density at radius 2 is 2.14 bits per heavy atom. The third kappa shape index (κ3) is 3.55. The topological polar surface area (TPSA) is 42.0 Å². The van der Waals surface area contributed by atoms with Crippen LogP contribution < -0.4 is 5.32 Å². The molecule has 0 spiro atoms. The first kappa shape index (κ1) is 15.2. The van der Waals surface area contributed by atoms with E-state index in [9.17, 15) is 4.79 Å². The van der Waals surface area contributed by atoms with Gasteiger partial charge in [-0.25, -0.2) is 4.98 Å². The van der Waals surface area contributed by atoms with Crippen molar-refractivity contribution in [1.82, 2.24) is 10.3 Å². The number of carbonyl (C=O) groups is 1. The summed E-state index contributed by atoms with van der Waals surface area (Å²) in [6, 6.07) is 10.3. The Morgan fingerprint density at radius 3 is 2.82 bits per heavy atom. The van der Waals surface area contributed by atoms with Crippen LogP contribution in [-0.4, -0.2) is 17.4 Å². The summed E-state index contributed by atoms with van der Waals surface area (Å²) in [7, 11) is 0. The van der Waals surface area contributed by atoms with Gasteiger partial charge in [0.25, 0.3) is 0 Å². The lowest BCUT2D eigenvalue weighted by molar-refractivity contribution is -0.122. The third-order valence-electron chi connectivity index (χ3n) is 4.10. The highest BCUT2D eigenvalue weighted by atomic mass is 32.1. The van der Waals surface area contributed by atoms with Gasteiger partial charge in [-0.2, -0.15) is 0 Å². The van der Waals surface area contributed by atoms with Crippen molar-refractivity contribution < 1.29 is 4.79 Å². The molecule has 0 radical (unpaired) electrons. The summed E-state index contributed by atoms with van der Waals surface area (Å²) in [5.41, 5.74) is 2.37. The lowest BCUT2D eigenvalue weighted by Crippen LogP contribution is -2.27. The number of nitrogens with one attached hydrogen (secondary N) is 1. The molecule has 1 aliphatic rings. The summed E-state index contributed by atoms with van der Waals surface area (Å²) in [5.74, 6) is 1.23. The first-order chi connectivity index (χ1) is 10.6. The van der Waals surface area contributed by atoms with Crippen LogP contribution in [0.3, 0.4) is 0 Å². The van der Waals surface area contributed by atoms with Gasteiger partial charge in [0.2, 0.25) is 5.91 Å². The van der Waals surface area contributed by atoms with Crippen molar-refractivity contribution in [3.8, 4) is 0 Å². The zero-order chi connectivity index (χ0) is 15.5. The van der Waals surface area contributed by atoms with E-state index >= 15 is 0 Å². The van der Waals surface area contributed by atoms with Crippen molar-refractivity contribution in [2.75, 3.05) is 6.54 Å². The molecule has 2 aromatic rings. The van der Waals surface area contributed by atoms with Gasteiger partial charge in [0.05, 0.1) is 10.7 Å². The van der Waals surface area contributed by atoms with E-state index in [-0.39, 0.29) is 11.8 Å². The molecule has 22 heavy (non-hydrogen) atoms. The van der Waals surface area contributed by atoms with E-state index in [1.807, 2.05) is 18.2 Å². The van der Waals surface area contributed by atoms with Crippen molar-refractivity contribution in [2.24, 2.45) is 5.92 Å². The summed E-state index contributed by atoms with van der Waals surface area (Å²) < 4.78 is 0. The van der Waals surface area contributed by atoms with E-state index in [2.05, 4.69) is 41.7 Å². The highest BCUT2D eigenvalue weighted by Crippen LogP contribution is 2.47. The highest BCUT2D eigenvalue weighted by molar-refractivity contribution is 7.09. The number of hydrogen-bond donors (Lipinski definition) is 1. The Balaban J connectivity index is 1.44. The largest absolute Gasteiger partial charge is 0.355 e. The second-order valence-corrected chi connectivity index (χ2v) is 7.12. The molecule has 1 aliphatic carbocycles. The molecule has 1 heterocycles. The predicted molar refractivity (Wildman–Crippen MR) is 90.2 cm³/mol. The molecule has 3 rings (SSSR count). The average molecular weight is 314 g/mol. The normalized spacial score (nSPS) is 20.1. The Bertz CT molecular complexity index is 636. The second kappa shape index (κ2) is 6.61. The fourth-order valence-corrected chi connectivity index (χ4v) is 3.57. The molecule has 1 fully saturated rings. The molecule has 1 N–H and O–H groups in total. The third-order valence-corrected chi connectivity index (χ3v) is 5.29. The van der Waals surface area contributed by atoms with Gasteiger partial charge in [-0.3, -0.25) is 4.79 Å². The number of nitrogens with zero attached hydrogens (tertiary/aromatic N) is 1. The van der Waals surface area contributed by atoms with Crippen LogP contribution in [0.4, 0.5) is 0 Å². The van der Waals surface area contributed by atoms with E-state index in [1.165, 1.54) is 10.6 Å². The molecular formula is C18H22N2OS. The van der Waals surface area contributed by atoms with Crippen LogP contribution >= 0.6 is 11.3 Å². The van der Waals surface area contributed by atoms with Crippen molar-refractivity contribution in [1.29, 1.82) is 0 Å².